The van der Waals surface area contributed by atoms with Gasteiger partial charge in [-0.1, -0.05) is 68.9 Å². The van der Waals surface area contributed by atoms with Gasteiger partial charge < -0.3 is 15.5 Å². The molecule has 3 N–H and O–H groups in total. The predicted octanol–water partition coefficient (Wildman–Crippen LogP) is 4.50. The molecular formula is C21H37NO2. The Kier molecular flexibility index (Phi) is 10.2. The van der Waals surface area contributed by atoms with E-state index in [0.717, 1.165) is 17.6 Å². The molecule has 2 aliphatic carbocycles. The van der Waals surface area contributed by atoms with Crippen LogP contribution in [0.3, 0.4) is 0 Å². The first kappa shape index (κ1) is 21.1. The molecule has 1 aromatic carbocycles. The molecule has 0 aromatic heterocycles. The topological polar surface area (TPSA) is 55.0 Å². The van der Waals surface area contributed by atoms with E-state index in [1.165, 1.54) is 64.2 Å². The van der Waals surface area contributed by atoms with Gasteiger partial charge in [-0.15, -0.1) is 0 Å². The van der Waals surface area contributed by atoms with Gasteiger partial charge in [-0.25, -0.2) is 0 Å². The molecule has 2 aliphatic rings. The number of hydrogen-bond acceptors (Lipinski definition) is 2. The van der Waals surface area contributed by atoms with Gasteiger partial charge >= 0.3 is 0 Å². The van der Waals surface area contributed by atoms with Gasteiger partial charge in [0.2, 0.25) is 0 Å². The van der Waals surface area contributed by atoms with E-state index in [2.05, 4.69) is 11.9 Å². The molecule has 0 heterocycles. The summed E-state index contributed by atoms with van der Waals surface area (Å²) < 4.78 is 0. The van der Waals surface area contributed by atoms with Gasteiger partial charge in [-0.3, -0.25) is 0 Å². The smallest absolute Gasteiger partial charge is 0.0761 e. The molecule has 1 aromatic rings. The molecule has 1 unspecified atom stereocenters. The molecule has 0 aliphatic heterocycles. The molecular weight excluding hydrogens is 298 g/mol. The lowest BCUT2D eigenvalue weighted by Gasteiger charge is -2.39. The third-order valence-electron chi connectivity index (χ3n) is 5.58. The Morgan fingerprint density at radius 3 is 1.58 bits per heavy atom. The van der Waals surface area contributed by atoms with E-state index in [1.807, 2.05) is 30.3 Å². The van der Waals surface area contributed by atoms with Crippen LogP contribution in [-0.4, -0.2) is 34.6 Å². The fourth-order valence-corrected chi connectivity index (χ4v) is 4.01. The van der Waals surface area contributed by atoms with Crippen molar-refractivity contribution < 1.29 is 10.6 Å². The van der Waals surface area contributed by atoms with Gasteiger partial charge in [0.15, 0.2) is 0 Å². The maximum Gasteiger partial charge on any atom is 0.0761 e. The molecule has 138 valence electrons. The Balaban J connectivity index is 0.000000252. The van der Waals surface area contributed by atoms with E-state index in [9.17, 15) is 0 Å². The highest BCUT2D eigenvalue weighted by Gasteiger charge is 2.25. The van der Waals surface area contributed by atoms with Crippen molar-refractivity contribution in [2.45, 2.75) is 89.3 Å². The maximum atomic E-state index is 9.02. The Hall–Kier alpha value is -0.900. The maximum absolute atomic E-state index is 9.02. The number of aliphatic hydroxyl groups is 1. The fraction of sp³-hybridized carbons (Fsp3) is 0.714. The van der Waals surface area contributed by atoms with E-state index in [1.54, 1.807) is 6.92 Å². The summed E-state index contributed by atoms with van der Waals surface area (Å²) in [6.07, 6.45) is 14.4. The highest BCUT2D eigenvalue weighted by atomic mass is 16.3. The van der Waals surface area contributed by atoms with Gasteiger partial charge in [0.05, 0.1) is 6.10 Å². The zero-order chi connectivity index (χ0) is 16.5. The van der Waals surface area contributed by atoms with Crippen molar-refractivity contribution in [3.63, 3.8) is 0 Å². The highest BCUT2D eigenvalue weighted by molar-refractivity contribution is 5.16. The van der Waals surface area contributed by atoms with Crippen LogP contribution in [0.2, 0.25) is 0 Å². The molecule has 0 bridgehead atoms. The SMILES string of the molecule is CC(O)c1ccccc1.CN(C1CCCCC1)C1CCCCC1.O. The monoisotopic (exact) mass is 335 g/mol. The zero-order valence-electron chi connectivity index (χ0n) is 15.6. The summed E-state index contributed by atoms with van der Waals surface area (Å²) in [6.45, 7) is 1.76. The van der Waals surface area contributed by atoms with Crippen molar-refractivity contribution in [2.24, 2.45) is 0 Å². The summed E-state index contributed by atoms with van der Waals surface area (Å²) in [7, 11) is 2.38. The zero-order valence-corrected chi connectivity index (χ0v) is 15.6. The fourth-order valence-electron chi connectivity index (χ4n) is 4.01. The van der Waals surface area contributed by atoms with Gasteiger partial charge in [-0.2, -0.15) is 0 Å². The van der Waals surface area contributed by atoms with Crippen LogP contribution in [0.5, 0.6) is 0 Å². The lowest BCUT2D eigenvalue weighted by molar-refractivity contribution is 0.111. The largest absolute Gasteiger partial charge is 0.412 e. The molecule has 2 saturated carbocycles. The average Bonchev–Trinajstić information content (AvgIpc) is 2.64. The van der Waals surface area contributed by atoms with Gasteiger partial charge in [-0.05, 0) is 45.2 Å². The van der Waals surface area contributed by atoms with Crippen molar-refractivity contribution in [2.75, 3.05) is 7.05 Å². The van der Waals surface area contributed by atoms with E-state index in [0.29, 0.717) is 0 Å². The highest BCUT2D eigenvalue weighted by Crippen LogP contribution is 2.28. The number of aliphatic hydroxyl groups excluding tert-OH is 1. The number of hydrogen-bond donors (Lipinski definition) is 1. The lowest BCUT2D eigenvalue weighted by atomic mass is 9.89. The van der Waals surface area contributed by atoms with Crippen LogP contribution in [0.15, 0.2) is 30.3 Å². The van der Waals surface area contributed by atoms with Crippen LogP contribution in [0, 0.1) is 0 Å². The summed E-state index contributed by atoms with van der Waals surface area (Å²) in [5.74, 6) is 0. The molecule has 0 radical (unpaired) electrons. The number of benzene rings is 1. The standard InChI is InChI=1S/C13H25N.C8H10O.H2O/c1-14(12-8-4-2-5-9-12)13-10-6-3-7-11-13;1-7(9)8-5-3-2-4-6-8;/h12-13H,2-11H2,1H3;2-7,9H,1H3;1H2. The first-order chi connectivity index (χ1) is 11.2. The summed E-state index contributed by atoms with van der Waals surface area (Å²) in [4.78, 5) is 2.72. The van der Waals surface area contributed by atoms with E-state index in [4.69, 9.17) is 5.11 Å². The van der Waals surface area contributed by atoms with Gasteiger partial charge in [0.25, 0.3) is 0 Å². The second-order valence-corrected chi connectivity index (χ2v) is 7.34. The van der Waals surface area contributed by atoms with Crippen molar-refractivity contribution in [3.05, 3.63) is 35.9 Å². The Morgan fingerprint density at radius 2 is 1.25 bits per heavy atom. The third-order valence-corrected chi connectivity index (χ3v) is 5.58. The quantitative estimate of drug-likeness (QED) is 0.884. The van der Waals surface area contributed by atoms with Gasteiger partial charge in [0.1, 0.15) is 0 Å². The molecule has 0 saturated heterocycles. The molecule has 3 heteroatoms. The van der Waals surface area contributed by atoms with Crippen LogP contribution >= 0.6 is 0 Å². The number of rotatable bonds is 3. The molecule has 0 amide bonds. The second kappa shape index (κ2) is 11.6. The summed E-state index contributed by atoms with van der Waals surface area (Å²) in [6, 6.07) is 11.4. The number of nitrogens with zero attached hydrogens (tertiary/aromatic N) is 1. The third kappa shape index (κ3) is 6.92. The van der Waals surface area contributed by atoms with Crippen LogP contribution in [0.4, 0.5) is 0 Å². The summed E-state index contributed by atoms with van der Waals surface area (Å²) in [5, 5.41) is 9.02. The molecule has 3 nitrogen and oxygen atoms in total. The first-order valence-corrected chi connectivity index (χ1v) is 9.63. The first-order valence-electron chi connectivity index (χ1n) is 9.63. The van der Waals surface area contributed by atoms with Crippen LogP contribution in [0.1, 0.15) is 82.8 Å². The van der Waals surface area contributed by atoms with Crippen LogP contribution in [0.25, 0.3) is 0 Å². The Labute approximate surface area is 148 Å². The second-order valence-electron chi connectivity index (χ2n) is 7.34. The van der Waals surface area contributed by atoms with Crippen molar-refractivity contribution in [1.29, 1.82) is 0 Å². The predicted molar refractivity (Wildman–Crippen MR) is 102 cm³/mol. The molecule has 0 spiro atoms. The van der Waals surface area contributed by atoms with Crippen molar-refractivity contribution >= 4 is 0 Å². The minimum Gasteiger partial charge on any atom is -0.412 e. The Morgan fingerprint density at radius 1 is 0.833 bits per heavy atom. The Bertz CT molecular complexity index is 391. The molecule has 2 fully saturated rings. The van der Waals surface area contributed by atoms with Crippen LogP contribution < -0.4 is 0 Å². The minimum absolute atomic E-state index is 0. The van der Waals surface area contributed by atoms with Gasteiger partial charge in [0, 0.05) is 12.1 Å². The van der Waals surface area contributed by atoms with Crippen molar-refractivity contribution in [1.82, 2.24) is 4.90 Å². The van der Waals surface area contributed by atoms with Crippen LogP contribution in [-0.2, 0) is 0 Å². The lowest BCUT2D eigenvalue weighted by Crippen LogP contribution is -2.42. The molecule has 3 rings (SSSR count). The van der Waals surface area contributed by atoms with Crippen molar-refractivity contribution in [3.8, 4) is 0 Å². The summed E-state index contributed by atoms with van der Waals surface area (Å²) >= 11 is 0. The van der Waals surface area contributed by atoms with E-state index in [-0.39, 0.29) is 11.6 Å². The minimum atomic E-state index is -0.341. The van der Waals surface area contributed by atoms with E-state index < -0.39 is 0 Å². The summed E-state index contributed by atoms with van der Waals surface area (Å²) in [5.41, 5.74) is 0.970. The van der Waals surface area contributed by atoms with E-state index >= 15 is 0 Å². The molecule has 24 heavy (non-hydrogen) atoms. The normalized spacial score (nSPS) is 20.7. The average molecular weight is 336 g/mol. The molecule has 1 atom stereocenters.